The molecule has 0 saturated carbocycles. The van der Waals surface area contributed by atoms with Gasteiger partial charge in [0.25, 0.3) is 5.91 Å². The van der Waals surface area contributed by atoms with Crippen molar-refractivity contribution in [2.75, 3.05) is 26.3 Å². The highest BCUT2D eigenvalue weighted by Gasteiger charge is 2.17. The van der Waals surface area contributed by atoms with Crippen LogP contribution in [-0.2, 0) is 14.3 Å². The molecule has 1 aromatic heterocycles. The lowest BCUT2D eigenvalue weighted by atomic mass is 10.2. The number of nitrogens with zero attached hydrogens (tertiary/aromatic N) is 2. The van der Waals surface area contributed by atoms with Crippen LogP contribution in [-0.4, -0.2) is 54.2 Å². The molecule has 0 atom stereocenters. The Morgan fingerprint density at radius 1 is 1.30 bits per heavy atom. The summed E-state index contributed by atoms with van der Waals surface area (Å²) in [7, 11) is 0. The Hall–Kier alpha value is -1.95. The number of carbonyl (C=O) groups excluding carboxylic acids is 2. The SMILES string of the molecule is CCOC(=O)CCN(CCCOC(C)C)C(=O)c1cccnc1. The second-order valence-electron chi connectivity index (χ2n) is 5.36. The summed E-state index contributed by atoms with van der Waals surface area (Å²) in [5.41, 5.74) is 0.515. The molecular weight excluding hydrogens is 296 g/mol. The first-order chi connectivity index (χ1) is 11.0. The number of amides is 1. The van der Waals surface area contributed by atoms with Crippen molar-refractivity contribution in [2.24, 2.45) is 0 Å². The van der Waals surface area contributed by atoms with Gasteiger partial charge in [0.1, 0.15) is 0 Å². The molecule has 0 aliphatic rings. The molecule has 0 aromatic carbocycles. The van der Waals surface area contributed by atoms with Crippen molar-refractivity contribution in [2.45, 2.75) is 39.7 Å². The average Bonchev–Trinajstić information content (AvgIpc) is 2.54. The minimum atomic E-state index is -0.296. The number of carbonyl (C=O) groups is 2. The van der Waals surface area contributed by atoms with Gasteiger partial charge in [-0.05, 0) is 39.3 Å². The van der Waals surface area contributed by atoms with Crippen LogP contribution in [0, 0.1) is 0 Å². The van der Waals surface area contributed by atoms with Crippen LogP contribution in [0.2, 0.25) is 0 Å². The molecule has 1 heterocycles. The predicted octanol–water partition coefficient (Wildman–Crippen LogP) is 2.29. The lowest BCUT2D eigenvalue weighted by molar-refractivity contribution is -0.143. The van der Waals surface area contributed by atoms with Gasteiger partial charge in [0.15, 0.2) is 0 Å². The monoisotopic (exact) mass is 322 g/mol. The van der Waals surface area contributed by atoms with Crippen LogP contribution in [0.3, 0.4) is 0 Å². The zero-order valence-corrected chi connectivity index (χ0v) is 14.2. The van der Waals surface area contributed by atoms with Crippen LogP contribution in [0.15, 0.2) is 24.5 Å². The molecule has 0 bridgehead atoms. The maximum atomic E-state index is 12.5. The van der Waals surface area contributed by atoms with Crippen molar-refractivity contribution in [3.8, 4) is 0 Å². The Balaban J connectivity index is 2.60. The molecule has 6 nitrogen and oxygen atoms in total. The van der Waals surface area contributed by atoms with Gasteiger partial charge >= 0.3 is 5.97 Å². The van der Waals surface area contributed by atoms with E-state index in [1.807, 2.05) is 13.8 Å². The molecule has 0 aliphatic heterocycles. The largest absolute Gasteiger partial charge is 0.466 e. The van der Waals surface area contributed by atoms with Crippen molar-refractivity contribution in [1.82, 2.24) is 9.88 Å². The third-order valence-corrected chi connectivity index (χ3v) is 3.11. The predicted molar refractivity (Wildman–Crippen MR) is 87.1 cm³/mol. The highest BCUT2D eigenvalue weighted by Crippen LogP contribution is 2.06. The van der Waals surface area contributed by atoms with Crippen molar-refractivity contribution in [3.05, 3.63) is 30.1 Å². The van der Waals surface area contributed by atoms with Gasteiger partial charge in [-0.25, -0.2) is 0 Å². The van der Waals surface area contributed by atoms with E-state index in [2.05, 4.69) is 4.98 Å². The van der Waals surface area contributed by atoms with Crippen LogP contribution < -0.4 is 0 Å². The number of hydrogen-bond acceptors (Lipinski definition) is 5. The quantitative estimate of drug-likeness (QED) is 0.488. The third-order valence-electron chi connectivity index (χ3n) is 3.11. The van der Waals surface area contributed by atoms with Gasteiger partial charge in [0, 0.05) is 32.1 Å². The van der Waals surface area contributed by atoms with E-state index in [0.717, 1.165) is 0 Å². The first kappa shape index (κ1) is 19.1. The fourth-order valence-corrected chi connectivity index (χ4v) is 2.02. The van der Waals surface area contributed by atoms with E-state index in [-0.39, 0.29) is 24.4 Å². The summed E-state index contributed by atoms with van der Waals surface area (Å²) in [4.78, 5) is 29.7. The fourth-order valence-electron chi connectivity index (χ4n) is 2.02. The fraction of sp³-hybridized carbons (Fsp3) is 0.588. The van der Waals surface area contributed by atoms with E-state index in [1.165, 1.54) is 6.20 Å². The molecule has 0 unspecified atom stereocenters. The first-order valence-electron chi connectivity index (χ1n) is 8.01. The van der Waals surface area contributed by atoms with Gasteiger partial charge in [-0.15, -0.1) is 0 Å². The molecule has 1 aromatic rings. The first-order valence-corrected chi connectivity index (χ1v) is 8.01. The molecule has 0 N–H and O–H groups in total. The maximum Gasteiger partial charge on any atom is 0.307 e. The number of esters is 1. The van der Waals surface area contributed by atoms with Gasteiger partial charge in [-0.2, -0.15) is 0 Å². The second kappa shape index (κ2) is 10.7. The van der Waals surface area contributed by atoms with Crippen molar-refractivity contribution < 1.29 is 19.1 Å². The average molecular weight is 322 g/mol. The molecular formula is C17H26N2O4. The van der Waals surface area contributed by atoms with Crippen LogP contribution >= 0.6 is 0 Å². The second-order valence-corrected chi connectivity index (χ2v) is 5.36. The molecule has 128 valence electrons. The van der Waals surface area contributed by atoms with E-state index in [0.29, 0.717) is 38.3 Å². The van der Waals surface area contributed by atoms with Gasteiger partial charge in [-0.3, -0.25) is 14.6 Å². The number of hydrogen-bond donors (Lipinski definition) is 0. The molecule has 0 saturated heterocycles. The van der Waals surface area contributed by atoms with Crippen molar-refractivity contribution in [3.63, 3.8) is 0 Å². The minimum Gasteiger partial charge on any atom is -0.466 e. The number of aromatic nitrogens is 1. The molecule has 0 spiro atoms. The summed E-state index contributed by atoms with van der Waals surface area (Å²) in [6, 6.07) is 3.44. The zero-order valence-electron chi connectivity index (χ0n) is 14.2. The summed E-state index contributed by atoms with van der Waals surface area (Å²) < 4.78 is 10.4. The van der Waals surface area contributed by atoms with Gasteiger partial charge in [-0.1, -0.05) is 0 Å². The van der Waals surface area contributed by atoms with Gasteiger partial charge in [0.2, 0.25) is 0 Å². The van der Waals surface area contributed by atoms with Crippen molar-refractivity contribution in [1.29, 1.82) is 0 Å². The van der Waals surface area contributed by atoms with Gasteiger partial charge in [0.05, 0.1) is 24.7 Å². The normalized spacial score (nSPS) is 10.6. The van der Waals surface area contributed by atoms with Crippen molar-refractivity contribution >= 4 is 11.9 Å². The summed E-state index contributed by atoms with van der Waals surface area (Å²) in [5.74, 6) is -0.429. The Morgan fingerprint density at radius 2 is 2.09 bits per heavy atom. The number of rotatable bonds is 10. The molecule has 0 fully saturated rings. The Bertz CT molecular complexity index is 477. The summed E-state index contributed by atoms with van der Waals surface area (Å²) >= 11 is 0. The van der Waals surface area contributed by atoms with E-state index >= 15 is 0 Å². The number of ether oxygens (including phenoxy) is 2. The smallest absolute Gasteiger partial charge is 0.307 e. The maximum absolute atomic E-state index is 12.5. The van der Waals surface area contributed by atoms with E-state index in [1.54, 1.807) is 30.2 Å². The zero-order chi connectivity index (χ0) is 17.1. The molecule has 6 heteroatoms. The lowest BCUT2D eigenvalue weighted by Crippen LogP contribution is -2.34. The topological polar surface area (TPSA) is 68.7 Å². The van der Waals surface area contributed by atoms with Crippen LogP contribution in [0.4, 0.5) is 0 Å². The summed E-state index contributed by atoms with van der Waals surface area (Å²) in [5, 5.41) is 0. The third kappa shape index (κ3) is 7.74. The van der Waals surface area contributed by atoms with Crippen LogP contribution in [0.5, 0.6) is 0 Å². The molecule has 0 aliphatic carbocycles. The molecule has 1 rings (SSSR count). The van der Waals surface area contributed by atoms with Crippen LogP contribution in [0.25, 0.3) is 0 Å². The standard InChI is InChI=1S/C17H26N2O4/c1-4-22-16(20)8-11-19(10-6-12-23-14(2)3)17(21)15-7-5-9-18-13-15/h5,7,9,13-14H,4,6,8,10-12H2,1-3H3. The minimum absolute atomic E-state index is 0.132. The Morgan fingerprint density at radius 3 is 2.70 bits per heavy atom. The summed E-state index contributed by atoms with van der Waals surface area (Å²) in [6.07, 6.45) is 4.22. The molecule has 0 radical (unpaired) electrons. The van der Waals surface area contributed by atoms with E-state index in [4.69, 9.17) is 9.47 Å². The Kier molecular flexibility index (Phi) is 8.90. The van der Waals surface area contributed by atoms with E-state index < -0.39 is 0 Å². The number of pyridine rings is 1. The van der Waals surface area contributed by atoms with Gasteiger partial charge < -0.3 is 14.4 Å². The molecule has 1 amide bonds. The Labute approximate surface area is 137 Å². The summed E-state index contributed by atoms with van der Waals surface area (Å²) in [6.45, 7) is 7.48. The highest BCUT2D eigenvalue weighted by molar-refractivity contribution is 5.94. The highest BCUT2D eigenvalue weighted by atomic mass is 16.5. The van der Waals surface area contributed by atoms with E-state index in [9.17, 15) is 9.59 Å². The van der Waals surface area contributed by atoms with Crippen LogP contribution in [0.1, 0.15) is 44.0 Å². The lowest BCUT2D eigenvalue weighted by Gasteiger charge is -2.22. The molecule has 23 heavy (non-hydrogen) atoms.